The van der Waals surface area contributed by atoms with Crippen molar-refractivity contribution in [1.29, 1.82) is 0 Å². The number of unbranched alkanes of at least 4 members (excludes halogenated alkanes) is 1. The van der Waals surface area contributed by atoms with Crippen molar-refractivity contribution >= 4 is 27.5 Å². The minimum atomic E-state index is 0.659. The Bertz CT molecular complexity index is 643. The summed E-state index contributed by atoms with van der Waals surface area (Å²) in [5, 5.41) is 0. The van der Waals surface area contributed by atoms with Crippen molar-refractivity contribution < 1.29 is 4.74 Å². The Morgan fingerprint density at radius 2 is 2.24 bits per heavy atom. The molecule has 0 aliphatic carbocycles. The third-order valence-electron chi connectivity index (χ3n) is 2.66. The molecule has 17 heavy (non-hydrogen) atoms. The van der Waals surface area contributed by atoms with Crippen LogP contribution < -0.4 is 4.74 Å². The lowest BCUT2D eigenvalue weighted by Crippen LogP contribution is -2.00. The second-order valence-corrected chi connectivity index (χ2v) is 4.62. The standard InChI is InChI=1S/C12H13N3OS/c1-2-3-8-16-11-14-17-12-13-9-6-4-5-7-10(9)15(11)12/h4-7H,2-3,8H2,1H3. The summed E-state index contributed by atoms with van der Waals surface area (Å²) in [6.45, 7) is 2.86. The smallest absolute Gasteiger partial charge is 0.314 e. The molecule has 2 heterocycles. The van der Waals surface area contributed by atoms with Gasteiger partial charge >= 0.3 is 6.01 Å². The van der Waals surface area contributed by atoms with Crippen LogP contribution in [0, 0.1) is 0 Å². The van der Waals surface area contributed by atoms with Gasteiger partial charge in [0.2, 0.25) is 4.96 Å². The number of nitrogens with zero attached hydrogens (tertiary/aromatic N) is 3. The Morgan fingerprint density at radius 1 is 1.35 bits per heavy atom. The molecule has 0 aliphatic heterocycles. The van der Waals surface area contributed by atoms with E-state index < -0.39 is 0 Å². The van der Waals surface area contributed by atoms with E-state index in [0.717, 1.165) is 28.8 Å². The summed E-state index contributed by atoms with van der Waals surface area (Å²) in [6.07, 6.45) is 2.17. The van der Waals surface area contributed by atoms with Gasteiger partial charge in [0.1, 0.15) is 0 Å². The molecule has 88 valence electrons. The molecule has 0 unspecified atom stereocenters. The van der Waals surface area contributed by atoms with E-state index in [1.807, 2.05) is 28.7 Å². The van der Waals surface area contributed by atoms with E-state index in [4.69, 9.17) is 4.74 Å². The first-order valence-corrected chi connectivity index (χ1v) is 6.53. The van der Waals surface area contributed by atoms with Gasteiger partial charge in [-0.25, -0.2) is 9.38 Å². The van der Waals surface area contributed by atoms with E-state index in [2.05, 4.69) is 16.3 Å². The van der Waals surface area contributed by atoms with E-state index >= 15 is 0 Å². The van der Waals surface area contributed by atoms with Crippen LogP contribution >= 0.6 is 11.5 Å². The molecule has 0 N–H and O–H groups in total. The molecule has 0 amide bonds. The first kappa shape index (κ1) is 10.5. The third kappa shape index (κ3) is 1.76. The van der Waals surface area contributed by atoms with Crippen LogP contribution in [0.4, 0.5) is 0 Å². The van der Waals surface area contributed by atoms with Crippen molar-refractivity contribution in [1.82, 2.24) is 13.8 Å². The molecule has 4 nitrogen and oxygen atoms in total. The summed E-state index contributed by atoms with van der Waals surface area (Å²) in [7, 11) is 0. The largest absolute Gasteiger partial charge is 0.464 e. The number of para-hydroxylation sites is 2. The van der Waals surface area contributed by atoms with Crippen LogP contribution in [-0.4, -0.2) is 20.4 Å². The Morgan fingerprint density at radius 3 is 3.12 bits per heavy atom. The summed E-state index contributed by atoms with van der Waals surface area (Å²) < 4.78 is 12.0. The molecule has 0 saturated heterocycles. The summed E-state index contributed by atoms with van der Waals surface area (Å²) in [6, 6.07) is 8.70. The van der Waals surface area contributed by atoms with Gasteiger partial charge < -0.3 is 4.74 Å². The highest BCUT2D eigenvalue weighted by molar-refractivity contribution is 7.11. The number of benzene rings is 1. The fourth-order valence-corrected chi connectivity index (χ4v) is 2.46. The van der Waals surface area contributed by atoms with Gasteiger partial charge in [0, 0.05) is 11.5 Å². The lowest BCUT2D eigenvalue weighted by Gasteiger charge is -2.01. The molecule has 0 saturated carbocycles. The maximum Gasteiger partial charge on any atom is 0.314 e. The monoisotopic (exact) mass is 247 g/mol. The predicted molar refractivity (Wildman–Crippen MR) is 68.8 cm³/mol. The van der Waals surface area contributed by atoms with Crippen molar-refractivity contribution in [3.63, 3.8) is 0 Å². The van der Waals surface area contributed by atoms with Crippen molar-refractivity contribution in [3.05, 3.63) is 24.3 Å². The number of ether oxygens (including phenoxy) is 1. The van der Waals surface area contributed by atoms with Gasteiger partial charge in [-0.15, -0.1) is 4.37 Å². The predicted octanol–water partition coefficient (Wildman–Crippen LogP) is 3.12. The van der Waals surface area contributed by atoms with Crippen molar-refractivity contribution in [3.8, 4) is 6.01 Å². The first-order valence-electron chi connectivity index (χ1n) is 5.76. The zero-order valence-electron chi connectivity index (χ0n) is 9.59. The summed E-state index contributed by atoms with van der Waals surface area (Å²) >= 11 is 1.37. The molecule has 3 aromatic rings. The van der Waals surface area contributed by atoms with Crippen LogP contribution in [0.5, 0.6) is 6.01 Å². The molecule has 0 fully saturated rings. The highest BCUT2D eigenvalue weighted by Gasteiger charge is 2.12. The van der Waals surface area contributed by atoms with Gasteiger partial charge in [0.05, 0.1) is 17.6 Å². The Hall–Kier alpha value is -1.62. The zero-order chi connectivity index (χ0) is 11.7. The highest BCUT2D eigenvalue weighted by Crippen LogP contribution is 2.24. The number of rotatable bonds is 4. The molecule has 0 bridgehead atoms. The van der Waals surface area contributed by atoms with Crippen LogP contribution in [0.2, 0.25) is 0 Å². The van der Waals surface area contributed by atoms with E-state index in [-0.39, 0.29) is 0 Å². The lowest BCUT2D eigenvalue weighted by atomic mass is 10.3. The van der Waals surface area contributed by atoms with Gasteiger partial charge in [-0.05, 0) is 18.6 Å². The Kier molecular flexibility index (Phi) is 2.68. The molecular formula is C12H13N3OS. The Labute approximate surface area is 103 Å². The number of imidazole rings is 1. The minimum absolute atomic E-state index is 0.659. The SMILES string of the molecule is CCCCOc1nsc2nc3ccccc3n12. The molecule has 0 spiro atoms. The van der Waals surface area contributed by atoms with Crippen LogP contribution in [0.25, 0.3) is 16.0 Å². The maximum atomic E-state index is 5.69. The van der Waals surface area contributed by atoms with Gasteiger partial charge in [-0.3, -0.25) is 0 Å². The molecule has 0 atom stereocenters. The molecule has 3 rings (SSSR count). The first-order chi connectivity index (χ1) is 8.40. The van der Waals surface area contributed by atoms with E-state index in [1.54, 1.807) is 0 Å². The van der Waals surface area contributed by atoms with E-state index in [9.17, 15) is 0 Å². The molecule has 0 aliphatic rings. The number of hydrogen-bond donors (Lipinski definition) is 0. The fourth-order valence-electron chi connectivity index (χ4n) is 1.77. The van der Waals surface area contributed by atoms with Gasteiger partial charge in [-0.1, -0.05) is 25.5 Å². The van der Waals surface area contributed by atoms with E-state index in [0.29, 0.717) is 12.6 Å². The van der Waals surface area contributed by atoms with Crippen LogP contribution in [0.3, 0.4) is 0 Å². The van der Waals surface area contributed by atoms with Gasteiger partial charge in [-0.2, -0.15) is 0 Å². The average molecular weight is 247 g/mol. The second-order valence-electron chi connectivity index (χ2n) is 3.89. The average Bonchev–Trinajstić information content (AvgIpc) is 2.89. The second kappa shape index (κ2) is 4.33. The van der Waals surface area contributed by atoms with Crippen molar-refractivity contribution in [2.75, 3.05) is 6.61 Å². The highest BCUT2D eigenvalue weighted by atomic mass is 32.1. The quantitative estimate of drug-likeness (QED) is 0.665. The zero-order valence-corrected chi connectivity index (χ0v) is 10.4. The van der Waals surface area contributed by atoms with Crippen molar-refractivity contribution in [2.24, 2.45) is 0 Å². The van der Waals surface area contributed by atoms with Crippen LogP contribution in [-0.2, 0) is 0 Å². The van der Waals surface area contributed by atoms with Gasteiger partial charge in [0.15, 0.2) is 0 Å². The molecule has 0 radical (unpaired) electrons. The van der Waals surface area contributed by atoms with Crippen LogP contribution in [0.1, 0.15) is 19.8 Å². The molecule has 1 aromatic carbocycles. The molecular weight excluding hydrogens is 234 g/mol. The third-order valence-corrected chi connectivity index (χ3v) is 3.34. The molecule has 5 heteroatoms. The van der Waals surface area contributed by atoms with Crippen LogP contribution in [0.15, 0.2) is 24.3 Å². The number of hydrogen-bond acceptors (Lipinski definition) is 4. The molecule has 2 aromatic heterocycles. The normalized spacial score (nSPS) is 11.4. The minimum Gasteiger partial charge on any atom is -0.464 e. The summed E-state index contributed by atoms with van der Waals surface area (Å²) in [5.41, 5.74) is 2.05. The Balaban J connectivity index is 2.06. The fraction of sp³-hybridized carbons (Fsp3) is 0.333. The van der Waals surface area contributed by atoms with E-state index in [1.165, 1.54) is 11.5 Å². The number of fused-ring (bicyclic) bond motifs is 3. The maximum absolute atomic E-state index is 5.69. The number of aromatic nitrogens is 3. The summed E-state index contributed by atoms with van der Waals surface area (Å²) in [5.74, 6) is 0. The van der Waals surface area contributed by atoms with Gasteiger partial charge in [0.25, 0.3) is 0 Å². The topological polar surface area (TPSA) is 39.4 Å². The summed E-state index contributed by atoms with van der Waals surface area (Å²) in [4.78, 5) is 5.39. The lowest BCUT2D eigenvalue weighted by molar-refractivity contribution is 0.286. The van der Waals surface area contributed by atoms with Crippen molar-refractivity contribution in [2.45, 2.75) is 19.8 Å².